The molecule has 3 aromatic rings. The Bertz CT molecular complexity index is 774. The molecule has 1 atom stereocenters. The van der Waals surface area contributed by atoms with Gasteiger partial charge in [0, 0.05) is 19.4 Å². The third-order valence-corrected chi connectivity index (χ3v) is 4.30. The number of rotatable bonds is 6. The Labute approximate surface area is 147 Å². The van der Waals surface area contributed by atoms with E-state index in [9.17, 15) is 4.79 Å². The maximum Gasteiger partial charge on any atom is 0.221 e. The zero-order chi connectivity index (χ0) is 17.6. The smallest absolute Gasteiger partial charge is 0.221 e. The first kappa shape index (κ1) is 16.9. The van der Waals surface area contributed by atoms with Gasteiger partial charge in [-0.15, -0.1) is 10.2 Å². The third kappa shape index (κ3) is 4.12. The van der Waals surface area contributed by atoms with E-state index in [1.165, 1.54) is 0 Å². The zero-order valence-electron chi connectivity index (χ0n) is 14.5. The lowest BCUT2D eigenvalue weighted by atomic mass is 9.88. The first-order valence-electron chi connectivity index (χ1n) is 8.38. The quantitative estimate of drug-likeness (QED) is 0.753. The van der Waals surface area contributed by atoms with Crippen LogP contribution in [0.5, 0.6) is 0 Å². The normalized spacial score (nSPS) is 12.1. The van der Waals surface area contributed by atoms with Crippen molar-refractivity contribution in [2.24, 2.45) is 7.05 Å². The first-order valence-corrected chi connectivity index (χ1v) is 8.38. The number of amides is 1. The van der Waals surface area contributed by atoms with E-state index >= 15 is 0 Å². The highest BCUT2D eigenvalue weighted by molar-refractivity contribution is 5.78. The van der Waals surface area contributed by atoms with Crippen molar-refractivity contribution in [3.8, 4) is 0 Å². The van der Waals surface area contributed by atoms with Crippen molar-refractivity contribution in [2.75, 3.05) is 0 Å². The van der Waals surface area contributed by atoms with Crippen molar-refractivity contribution >= 4 is 5.91 Å². The van der Waals surface area contributed by atoms with E-state index in [0.717, 1.165) is 17.0 Å². The van der Waals surface area contributed by atoms with Crippen molar-refractivity contribution in [3.63, 3.8) is 0 Å². The van der Waals surface area contributed by atoms with Crippen LogP contribution in [0.1, 0.15) is 42.3 Å². The molecule has 5 heteroatoms. The van der Waals surface area contributed by atoms with Crippen LogP contribution in [0.2, 0.25) is 0 Å². The standard InChI is InChI=1S/C20H22N4O/c1-15(20-23-21-14-24(20)2)22-19(25)13-18(16-9-5-3-6-10-16)17-11-7-4-8-12-17/h3-12,14-15,18H,13H2,1-2H3,(H,22,25)/t15-/m1/s1. The second-order valence-corrected chi connectivity index (χ2v) is 6.17. The summed E-state index contributed by atoms with van der Waals surface area (Å²) >= 11 is 0. The molecule has 128 valence electrons. The molecule has 0 unspecified atom stereocenters. The van der Waals surface area contributed by atoms with Crippen molar-refractivity contribution in [1.29, 1.82) is 0 Å². The van der Waals surface area contributed by atoms with Gasteiger partial charge in [0.2, 0.25) is 5.91 Å². The van der Waals surface area contributed by atoms with Crippen LogP contribution in [-0.2, 0) is 11.8 Å². The first-order chi connectivity index (χ1) is 12.1. The van der Waals surface area contributed by atoms with Crippen molar-refractivity contribution < 1.29 is 4.79 Å². The largest absolute Gasteiger partial charge is 0.346 e. The number of hydrogen-bond acceptors (Lipinski definition) is 3. The highest BCUT2D eigenvalue weighted by Crippen LogP contribution is 2.28. The lowest BCUT2D eigenvalue weighted by Gasteiger charge is -2.19. The molecule has 0 spiro atoms. The third-order valence-electron chi connectivity index (χ3n) is 4.30. The molecule has 0 aliphatic heterocycles. The Morgan fingerprint density at radius 1 is 1.04 bits per heavy atom. The fourth-order valence-electron chi connectivity index (χ4n) is 3.03. The Balaban J connectivity index is 1.76. The van der Waals surface area contributed by atoms with Crippen LogP contribution in [0.4, 0.5) is 0 Å². The van der Waals surface area contributed by atoms with Crippen LogP contribution in [-0.4, -0.2) is 20.7 Å². The van der Waals surface area contributed by atoms with E-state index in [2.05, 4.69) is 39.8 Å². The van der Waals surface area contributed by atoms with Gasteiger partial charge in [0.15, 0.2) is 5.82 Å². The predicted molar refractivity (Wildman–Crippen MR) is 96.9 cm³/mol. The van der Waals surface area contributed by atoms with Gasteiger partial charge in [0.25, 0.3) is 0 Å². The van der Waals surface area contributed by atoms with Crippen LogP contribution in [0.3, 0.4) is 0 Å². The molecule has 1 amide bonds. The minimum Gasteiger partial charge on any atom is -0.346 e. The predicted octanol–water partition coefficient (Wildman–Crippen LogP) is 3.21. The summed E-state index contributed by atoms with van der Waals surface area (Å²) in [5.41, 5.74) is 2.27. The Morgan fingerprint density at radius 3 is 2.08 bits per heavy atom. The lowest BCUT2D eigenvalue weighted by Crippen LogP contribution is -2.29. The molecule has 0 aliphatic rings. The van der Waals surface area contributed by atoms with Crippen molar-refractivity contribution in [1.82, 2.24) is 20.1 Å². The van der Waals surface area contributed by atoms with Crippen molar-refractivity contribution in [2.45, 2.75) is 25.3 Å². The van der Waals surface area contributed by atoms with Gasteiger partial charge in [-0.25, -0.2) is 0 Å². The molecule has 2 aromatic carbocycles. The molecule has 0 saturated carbocycles. The van der Waals surface area contributed by atoms with Crippen LogP contribution in [0, 0.1) is 0 Å². The minimum atomic E-state index is -0.188. The minimum absolute atomic E-state index is 0.00629. The number of nitrogens with zero attached hydrogens (tertiary/aromatic N) is 3. The molecular formula is C20H22N4O. The van der Waals surface area contributed by atoms with Gasteiger partial charge in [-0.1, -0.05) is 60.7 Å². The molecule has 0 fully saturated rings. The van der Waals surface area contributed by atoms with Crippen LogP contribution in [0.15, 0.2) is 67.0 Å². The number of aromatic nitrogens is 3. The second-order valence-electron chi connectivity index (χ2n) is 6.17. The Kier molecular flexibility index (Phi) is 5.23. The molecule has 1 N–H and O–H groups in total. The average Bonchev–Trinajstić information content (AvgIpc) is 3.07. The fraction of sp³-hybridized carbons (Fsp3) is 0.250. The van der Waals surface area contributed by atoms with Crippen molar-refractivity contribution in [3.05, 3.63) is 83.9 Å². The van der Waals surface area contributed by atoms with E-state index in [1.54, 1.807) is 6.33 Å². The van der Waals surface area contributed by atoms with Crippen LogP contribution < -0.4 is 5.32 Å². The summed E-state index contributed by atoms with van der Waals surface area (Å²) in [6, 6.07) is 20.1. The SMILES string of the molecule is C[C@@H](NC(=O)CC(c1ccccc1)c1ccccc1)c1nncn1C. The maximum absolute atomic E-state index is 12.6. The number of carbonyl (C=O) groups excluding carboxylic acids is 1. The fourth-order valence-corrected chi connectivity index (χ4v) is 3.03. The molecule has 3 rings (SSSR count). The van der Waals surface area contributed by atoms with Gasteiger partial charge in [-0.3, -0.25) is 4.79 Å². The number of aryl methyl sites for hydroxylation is 1. The van der Waals surface area contributed by atoms with Gasteiger partial charge in [0.05, 0.1) is 6.04 Å². The molecule has 5 nitrogen and oxygen atoms in total. The molecule has 0 aliphatic carbocycles. The van der Waals surface area contributed by atoms with Gasteiger partial charge in [0.1, 0.15) is 6.33 Å². The number of benzene rings is 2. The molecular weight excluding hydrogens is 312 g/mol. The summed E-state index contributed by atoms with van der Waals surface area (Å²) in [7, 11) is 1.87. The number of nitrogens with one attached hydrogen (secondary N) is 1. The average molecular weight is 334 g/mol. The molecule has 0 radical (unpaired) electrons. The Morgan fingerprint density at radius 2 is 1.60 bits per heavy atom. The van der Waals surface area contributed by atoms with Gasteiger partial charge in [-0.2, -0.15) is 0 Å². The van der Waals surface area contributed by atoms with Gasteiger partial charge < -0.3 is 9.88 Å². The molecule has 1 aromatic heterocycles. The van der Waals surface area contributed by atoms with E-state index in [0.29, 0.717) is 6.42 Å². The summed E-state index contributed by atoms with van der Waals surface area (Å²) in [4.78, 5) is 12.6. The highest BCUT2D eigenvalue weighted by Gasteiger charge is 2.20. The summed E-state index contributed by atoms with van der Waals surface area (Å²) in [5.74, 6) is 0.756. The lowest BCUT2D eigenvalue weighted by molar-refractivity contribution is -0.122. The second kappa shape index (κ2) is 7.75. The zero-order valence-corrected chi connectivity index (χ0v) is 14.5. The summed E-state index contributed by atoms with van der Waals surface area (Å²) in [5, 5.41) is 11.0. The van der Waals surface area contributed by atoms with E-state index in [-0.39, 0.29) is 17.9 Å². The number of carbonyl (C=O) groups is 1. The highest BCUT2D eigenvalue weighted by atomic mass is 16.1. The maximum atomic E-state index is 12.6. The Hall–Kier alpha value is -2.95. The van der Waals surface area contributed by atoms with E-state index < -0.39 is 0 Å². The molecule has 1 heterocycles. The molecule has 0 saturated heterocycles. The van der Waals surface area contributed by atoms with Gasteiger partial charge >= 0.3 is 0 Å². The summed E-state index contributed by atoms with van der Waals surface area (Å²) in [6.45, 7) is 1.92. The monoisotopic (exact) mass is 334 g/mol. The van der Waals surface area contributed by atoms with Gasteiger partial charge in [-0.05, 0) is 18.1 Å². The summed E-state index contributed by atoms with van der Waals surface area (Å²) in [6.07, 6.45) is 2.02. The number of hydrogen-bond donors (Lipinski definition) is 1. The molecule has 0 bridgehead atoms. The van der Waals surface area contributed by atoms with E-state index in [1.807, 2.05) is 54.9 Å². The van der Waals surface area contributed by atoms with Crippen LogP contribution in [0.25, 0.3) is 0 Å². The molecule has 25 heavy (non-hydrogen) atoms. The van der Waals surface area contributed by atoms with E-state index in [4.69, 9.17) is 0 Å². The van der Waals surface area contributed by atoms with Crippen LogP contribution >= 0.6 is 0 Å². The topological polar surface area (TPSA) is 59.8 Å². The summed E-state index contributed by atoms with van der Waals surface area (Å²) < 4.78 is 1.82.